The maximum Gasteiger partial charge on any atom is 0.245 e. The van der Waals surface area contributed by atoms with Crippen LogP contribution in [0.25, 0.3) is 94.1 Å². The Bertz CT molecular complexity index is 3830. The molecule has 0 atom stereocenters. The van der Waals surface area contributed by atoms with Crippen LogP contribution in [-0.2, 0) is 11.8 Å². The van der Waals surface area contributed by atoms with Crippen molar-refractivity contribution in [3.05, 3.63) is 197 Å². The Balaban J connectivity index is 1.13. The molecular formula is C57H40BN3. The van der Waals surface area contributed by atoms with Crippen LogP contribution in [0.4, 0.5) is 0 Å². The molecule has 1 aliphatic carbocycles. The van der Waals surface area contributed by atoms with E-state index < -0.39 is 0 Å². The predicted molar refractivity (Wildman–Crippen MR) is 257 cm³/mol. The van der Waals surface area contributed by atoms with Gasteiger partial charge >= 0.3 is 0 Å². The van der Waals surface area contributed by atoms with Gasteiger partial charge in [0.05, 0.1) is 22.1 Å². The molecule has 8 aromatic carbocycles. The first-order valence-electron chi connectivity index (χ1n) is 21.7. The number of benzene rings is 8. The predicted octanol–water partition coefficient (Wildman–Crippen LogP) is 10.8. The van der Waals surface area contributed by atoms with Gasteiger partial charge in [-0.15, -0.1) is 0 Å². The van der Waals surface area contributed by atoms with E-state index in [1.807, 2.05) is 0 Å². The molecule has 3 aliphatic rings. The molecule has 0 N–H and O–H groups in total. The van der Waals surface area contributed by atoms with E-state index in [0.29, 0.717) is 0 Å². The maximum absolute atomic E-state index is 2.66. The molecule has 3 aromatic heterocycles. The lowest BCUT2D eigenvalue weighted by atomic mass is 9.34. The van der Waals surface area contributed by atoms with Gasteiger partial charge in [-0.1, -0.05) is 160 Å². The Morgan fingerprint density at radius 3 is 1.82 bits per heavy atom. The lowest BCUT2D eigenvalue weighted by Crippen LogP contribution is -2.54. The zero-order chi connectivity index (χ0) is 40.3. The summed E-state index contributed by atoms with van der Waals surface area (Å²) in [6, 6.07) is 64.4. The smallest absolute Gasteiger partial charge is 0.245 e. The lowest BCUT2D eigenvalue weighted by molar-refractivity contribution is 0.590. The second-order valence-electron chi connectivity index (χ2n) is 18.5. The van der Waals surface area contributed by atoms with Crippen molar-refractivity contribution < 1.29 is 0 Å². The van der Waals surface area contributed by atoms with Crippen molar-refractivity contribution in [2.45, 2.75) is 32.6 Å². The molecule has 2 aliphatic heterocycles. The molecule has 4 heteroatoms. The average molecular weight is 778 g/mol. The highest BCUT2D eigenvalue weighted by Crippen LogP contribution is 2.40. The maximum atomic E-state index is 2.66. The van der Waals surface area contributed by atoms with E-state index in [1.165, 1.54) is 126 Å². The molecule has 0 fully saturated rings. The molecular weight excluding hydrogens is 737 g/mol. The van der Waals surface area contributed by atoms with Crippen LogP contribution in [0.1, 0.15) is 37.6 Å². The second kappa shape index (κ2) is 11.7. The number of fused-ring (bicyclic) bond motifs is 17. The molecule has 2 bridgehead atoms. The summed E-state index contributed by atoms with van der Waals surface area (Å²) in [5.41, 5.74) is 19.5. The van der Waals surface area contributed by atoms with Gasteiger partial charge in [0.15, 0.2) is 0 Å². The molecule has 0 unspecified atom stereocenters. The molecule has 61 heavy (non-hydrogen) atoms. The number of aromatic nitrogens is 3. The third-order valence-corrected chi connectivity index (χ3v) is 14.3. The summed E-state index contributed by atoms with van der Waals surface area (Å²) in [5, 5.41) is 10.4. The Morgan fingerprint density at radius 1 is 0.492 bits per heavy atom. The van der Waals surface area contributed by atoms with E-state index in [0.717, 1.165) is 6.42 Å². The first kappa shape index (κ1) is 33.5. The third kappa shape index (κ3) is 4.39. The van der Waals surface area contributed by atoms with E-state index in [1.54, 1.807) is 0 Å². The van der Waals surface area contributed by atoms with Crippen molar-refractivity contribution in [1.82, 2.24) is 13.7 Å². The van der Waals surface area contributed by atoms with Crippen molar-refractivity contribution in [1.29, 1.82) is 0 Å². The summed E-state index contributed by atoms with van der Waals surface area (Å²) in [5.74, 6) is 0. The lowest BCUT2D eigenvalue weighted by Gasteiger charge is -2.28. The van der Waals surface area contributed by atoms with E-state index in [-0.39, 0.29) is 12.1 Å². The molecule has 5 heterocycles. The van der Waals surface area contributed by atoms with Crippen molar-refractivity contribution in [2.75, 3.05) is 0 Å². The monoisotopic (exact) mass is 777 g/mol. The molecule has 0 radical (unpaired) electrons. The van der Waals surface area contributed by atoms with Crippen molar-refractivity contribution >= 4 is 83.6 Å². The summed E-state index contributed by atoms with van der Waals surface area (Å²) in [4.78, 5) is 0. The van der Waals surface area contributed by atoms with E-state index in [2.05, 4.69) is 210 Å². The van der Waals surface area contributed by atoms with Gasteiger partial charge in [-0.05, 0) is 80.9 Å². The highest BCUT2D eigenvalue weighted by molar-refractivity contribution is 7.00. The molecule has 0 spiro atoms. The molecule has 0 amide bonds. The van der Waals surface area contributed by atoms with Gasteiger partial charge in [0.2, 0.25) is 6.71 Å². The van der Waals surface area contributed by atoms with Gasteiger partial charge in [-0.25, -0.2) is 0 Å². The van der Waals surface area contributed by atoms with Crippen LogP contribution in [0.5, 0.6) is 0 Å². The minimum Gasteiger partial charge on any atom is -0.313 e. The van der Waals surface area contributed by atoms with Gasteiger partial charge in [-0.2, -0.15) is 0 Å². The zero-order valence-electron chi connectivity index (χ0n) is 34.4. The molecule has 14 rings (SSSR count). The average Bonchev–Trinajstić information content (AvgIpc) is 3.83. The fourth-order valence-corrected chi connectivity index (χ4v) is 11.5. The van der Waals surface area contributed by atoms with Crippen LogP contribution in [0.15, 0.2) is 170 Å². The Hall–Kier alpha value is -7.30. The van der Waals surface area contributed by atoms with Crippen molar-refractivity contribution in [2.24, 2.45) is 0 Å². The minimum atomic E-state index is 0.0642. The Kier molecular flexibility index (Phi) is 6.43. The van der Waals surface area contributed by atoms with Crippen LogP contribution in [-0.4, -0.2) is 20.4 Å². The normalized spacial score (nSPS) is 13.8. The van der Waals surface area contributed by atoms with Gasteiger partial charge in [0.25, 0.3) is 0 Å². The number of hydrogen-bond acceptors (Lipinski definition) is 0. The van der Waals surface area contributed by atoms with E-state index in [9.17, 15) is 0 Å². The molecule has 0 saturated carbocycles. The van der Waals surface area contributed by atoms with Crippen LogP contribution in [0.3, 0.4) is 0 Å². The van der Waals surface area contributed by atoms with Crippen LogP contribution >= 0.6 is 0 Å². The number of para-hydroxylation sites is 3. The Morgan fingerprint density at radius 2 is 1.10 bits per heavy atom. The summed E-state index contributed by atoms with van der Waals surface area (Å²) in [6.45, 7) is 6.93. The highest BCUT2D eigenvalue weighted by Gasteiger charge is 2.40. The number of nitrogens with zero attached hydrogens (tertiary/aromatic N) is 3. The van der Waals surface area contributed by atoms with Crippen LogP contribution in [0, 0.1) is 0 Å². The quantitative estimate of drug-likeness (QED) is 0.155. The summed E-state index contributed by atoms with van der Waals surface area (Å²) in [6.07, 6.45) is 3.41. The molecule has 11 aromatic rings. The van der Waals surface area contributed by atoms with Gasteiger partial charge in [0, 0.05) is 72.2 Å². The molecule has 0 saturated heterocycles. The van der Waals surface area contributed by atoms with Crippen LogP contribution in [0.2, 0.25) is 0 Å². The van der Waals surface area contributed by atoms with E-state index in [4.69, 9.17) is 0 Å². The van der Waals surface area contributed by atoms with E-state index >= 15 is 0 Å². The molecule has 286 valence electrons. The standard InChI is InChI=1S/C57H40BN3/c1-57(2,3)37-24-20-34(21-25-37)36-23-28-46-53(30-36)61-55-39-13-5-4-12-35(39)22-27-43(55)45-32-44-42-16-8-11-19-51(42)60-52(44)33-48(56(45)61)58(46)47-29-26-38(31-54(47)60)59-49-17-9-6-14-40(49)41-15-7-10-18-50(41)59/h4-32H,33H2,1-3H3. The number of hydrogen-bond donors (Lipinski definition) is 0. The highest BCUT2D eigenvalue weighted by atomic mass is 15.0. The van der Waals surface area contributed by atoms with Gasteiger partial charge in [-0.3, -0.25) is 0 Å². The molecule has 3 nitrogen and oxygen atoms in total. The number of rotatable bonds is 2. The fourth-order valence-electron chi connectivity index (χ4n) is 11.5. The summed E-state index contributed by atoms with van der Waals surface area (Å²) < 4.78 is 7.75. The fraction of sp³-hybridized carbons (Fsp3) is 0.0877. The van der Waals surface area contributed by atoms with Gasteiger partial charge < -0.3 is 13.7 Å². The summed E-state index contributed by atoms with van der Waals surface area (Å²) in [7, 11) is 0. The van der Waals surface area contributed by atoms with Crippen molar-refractivity contribution in [3.8, 4) is 28.2 Å². The SMILES string of the molecule is CC(C)(C)c1ccc(-c2ccc3c(c2)-n2c4c(c5ccc6ccccc6c52)=Cc2c5n(c6ccccc26)-c2cc(-n6c7ccccc7c7ccccc76)ccc2B3C=4C5)cc1. The van der Waals surface area contributed by atoms with Gasteiger partial charge in [0.1, 0.15) is 0 Å². The first-order chi connectivity index (χ1) is 29.9. The third-order valence-electron chi connectivity index (χ3n) is 14.3. The van der Waals surface area contributed by atoms with Crippen molar-refractivity contribution in [3.63, 3.8) is 0 Å². The first-order valence-corrected chi connectivity index (χ1v) is 21.7. The zero-order valence-corrected chi connectivity index (χ0v) is 34.4. The Labute approximate surface area is 353 Å². The summed E-state index contributed by atoms with van der Waals surface area (Å²) >= 11 is 0. The minimum absolute atomic E-state index is 0.0642. The van der Waals surface area contributed by atoms with Crippen LogP contribution < -0.4 is 21.5 Å². The topological polar surface area (TPSA) is 14.8 Å². The largest absolute Gasteiger partial charge is 0.313 e. The second-order valence-corrected chi connectivity index (χ2v) is 18.5.